The van der Waals surface area contributed by atoms with E-state index in [1.165, 1.54) is 29.8 Å². The van der Waals surface area contributed by atoms with Crippen molar-refractivity contribution in [1.82, 2.24) is 9.97 Å². The Morgan fingerprint density at radius 1 is 1.32 bits per heavy atom. The van der Waals surface area contributed by atoms with Crippen LogP contribution < -0.4 is 10.7 Å². The van der Waals surface area contributed by atoms with Gasteiger partial charge in [0.25, 0.3) is 5.91 Å². The minimum Gasteiger partial charge on any atom is -0.367 e. The number of nitrogens with zero attached hydrogens (tertiary/aromatic N) is 1. The molecule has 19 heavy (non-hydrogen) atoms. The first kappa shape index (κ1) is 11.6. The average Bonchev–Trinajstić information content (AvgIpc) is 2.86. The highest BCUT2D eigenvalue weighted by Gasteiger charge is 2.10. The Balaban J connectivity index is 1.90. The third-order valence-electron chi connectivity index (χ3n) is 2.66. The molecule has 3 aromatic rings. The first-order valence-electron chi connectivity index (χ1n) is 5.56. The number of carbonyl (C=O) groups excluding carboxylic acids is 1. The second-order valence-electron chi connectivity index (χ2n) is 3.91. The van der Waals surface area contributed by atoms with Crippen LogP contribution in [0, 0.1) is 0 Å². The Hall–Kier alpha value is -2.47. The molecule has 3 rings (SSSR count). The van der Waals surface area contributed by atoms with Crippen molar-refractivity contribution in [3.05, 3.63) is 58.0 Å². The SMILES string of the molecule is O=C(Nc1ccc2ncsc2c1)c1c[nH]ccc1=O. The van der Waals surface area contributed by atoms with Crippen molar-refractivity contribution in [3.8, 4) is 0 Å². The average molecular weight is 271 g/mol. The molecule has 0 saturated heterocycles. The zero-order chi connectivity index (χ0) is 13.2. The Morgan fingerprint density at radius 3 is 3.05 bits per heavy atom. The lowest BCUT2D eigenvalue weighted by atomic mass is 10.2. The molecule has 0 radical (unpaired) electrons. The molecular weight excluding hydrogens is 262 g/mol. The van der Waals surface area contributed by atoms with Crippen molar-refractivity contribution >= 4 is 33.1 Å². The van der Waals surface area contributed by atoms with Crippen molar-refractivity contribution < 1.29 is 4.79 Å². The van der Waals surface area contributed by atoms with Gasteiger partial charge in [-0.2, -0.15) is 0 Å². The molecule has 0 fully saturated rings. The third kappa shape index (κ3) is 2.25. The Morgan fingerprint density at radius 2 is 2.21 bits per heavy atom. The standard InChI is InChI=1S/C13H9N3O2S/c17-11-3-4-14-6-9(11)13(18)16-8-1-2-10-12(5-8)19-7-15-10/h1-7H,(H,14,17)(H,16,18). The van der Waals surface area contributed by atoms with Crippen LogP contribution in [0.1, 0.15) is 10.4 Å². The Kier molecular flexibility index (Phi) is 2.85. The lowest BCUT2D eigenvalue weighted by Gasteiger charge is -2.04. The summed E-state index contributed by atoms with van der Waals surface area (Å²) in [6, 6.07) is 6.75. The fraction of sp³-hybridized carbons (Fsp3) is 0. The van der Waals surface area contributed by atoms with Gasteiger partial charge in [-0.3, -0.25) is 9.59 Å². The molecule has 0 atom stereocenters. The zero-order valence-corrected chi connectivity index (χ0v) is 10.5. The molecule has 0 aliphatic carbocycles. The maximum atomic E-state index is 12.0. The van der Waals surface area contributed by atoms with Gasteiger partial charge in [0.15, 0.2) is 5.43 Å². The molecule has 0 bridgehead atoms. The fourth-order valence-electron chi connectivity index (χ4n) is 1.72. The number of H-pyrrole nitrogens is 1. The highest BCUT2D eigenvalue weighted by Crippen LogP contribution is 2.21. The number of anilines is 1. The van der Waals surface area contributed by atoms with Gasteiger partial charge in [0, 0.05) is 24.1 Å². The van der Waals surface area contributed by atoms with E-state index in [1.807, 2.05) is 12.1 Å². The molecule has 6 heteroatoms. The van der Waals surface area contributed by atoms with Gasteiger partial charge in [0.1, 0.15) is 5.56 Å². The van der Waals surface area contributed by atoms with Crippen molar-refractivity contribution in [3.63, 3.8) is 0 Å². The van der Waals surface area contributed by atoms with Crippen LogP contribution in [0.3, 0.4) is 0 Å². The molecule has 2 aromatic heterocycles. The van der Waals surface area contributed by atoms with Crippen molar-refractivity contribution in [2.24, 2.45) is 0 Å². The number of aromatic amines is 1. The molecule has 0 aliphatic heterocycles. The molecule has 2 N–H and O–H groups in total. The largest absolute Gasteiger partial charge is 0.367 e. The first-order valence-corrected chi connectivity index (χ1v) is 6.44. The van der Waals surface area contributed by atoms with Crippen LogP contribution in [-0.4, -0.2) is 15.9 Å². The van der Waals surface area contributed by atoms with Crippen molar-refractivity contribution in [2.75, 3.05) is 5.32 Å². The summed E-state index contributed by atoms with van der Waals surface area (Å²) >= 11 is 1.50. The van der Waals surface area contributed by atoms with Gasteiger partial charge in [0.2, 0.25) is 0 Å². The van der Waals surface area contributed by atoms with Crippen LogP contribution in [0.2, 0.25) is 0 Å². The molecule has 2 heterocycles. The summed E-state index contributed by atoms with van der Waals surface area (Å²) in [7, 11) is 0. The van der Waals surface area contributed by atoms with E-state index in [1.54, 1.807) is 11.6 Å². The zero-order valence-electron chi connectivity index (χ0n) is 9.71. The normalized spacial score (nSPS) is 10.5. The number of fused-ring (bicyclic) bond motifs is 1. The minimum absolute atomic E-state index is 0.0897. The highest BCUT2D eigenvalue weighted by molar-refractivity contribution is 7.16. The number of thiazole rings is 1. The summed E-state index contributed by atoms with van der Waals surface area (Å²) in [5.74, 6) is -0.425. The predicted octanol–water partition coefficient (Wildman–Crippen LogP) is 2.24. The highest BCUT2D eigenvalue weighted by atomic mass is 32.1. The summed E-state index contributed by atoms with van der Waals surface area (Å²) in [6.45, 7) is 0. The summed E-state index contributed by atoms with van der Waals surface area (Å²) in [5.41, 5.74) is 3.06. The summed E-state index contributed by atoms with van der Waals surface area (Å²) in [4.78, 5) is 30.4. The number of hydrogen-bond acceptors (Lipinski definition) is 4. The lowest BCUT2D eigenvalue weighted by molar-refractivity contribution is 0.102. The number of nitrogens with one attached hydrogen (secondary N) is 2. The minimum atomic E-state index is -0.425. The van der Waals surface area contributed by atoms with Crippen LogP contribution in [0.4, 0.5) is 5.69 Å². The maximum absolute atomic E-state index is 12.0. The van der Waals surface area contributed by atoms with E-state index in [4.69, 9.17) is 0 Å². The molecule has 94 valence electrons. The van der Waals surface area contributed by atoms with Crippen LogP contribution in [-0.2, 0) is 0 Å². The van der Waals surface area contributed by atoms with E-state index in [0.717, 1.165) is 10.2 Å². The van der Waals surface area contributed by atoms with Gasteiger partial charge < -0.3 is 10.3 Å². The number of aromatic nitrogens is 2. The molecule has 1 amide bonds. The lowest BCUT2D eigenvalue weighted by Crippen LogP contribution is -2.20. The first-order chi connectivity index (χ1) is 9.24. The smallest absolute Gasteiger partial charge is 0.261 e. The number of pyridine rings is 1. The molecule has 0 saturated carbocycles. The summed E-state index contributed by atoms with van der Waals surface area (Å²) < 4.78 is 0.986. The third-order valence-corrected chi connectivity index (χ3v) is 3.45. The second-order valence-corrected chi connectivity index (χ2v) is 4.80. The van der Waals surface area contributed by atoms with Crippen LogP contribution in [0.15, 0.2) is 47.0 Å². The number of amides is 1. The topological polar surface area (TPSA) is 74.8 Å². The van der Waals surface area contributed by atoms with Crippen molar-refractivity contribution in [2.45, 2.75) is 0 Å². The summed E-state index contributed by atoms with van der Waals surface area (Å²) in [6.07, 6.45) is 2.88. The van der Waals surface area contributed by atoms with E-state index in [2.05, 4.69) is 15.3 Å². The van der Waals surface area contributed by atoms with Gasteiger partial charge in [-0.25, -0.2) is 4.98 Å². The monoisotopic (exact) mass is 271 g/mol. The molecular formula is C13H9N3O2S. The van der Waals surface area contributed by atoms with Gasteiger partial charge in [-0.1, -0.05) is 0 Å². The van der Waals surface area contributed by atoms with Gasteiger partial charge in [0.05, 0.1) is 15.7 Å². The van der Waals surface area contributed by atoms with E-state index in [-0.39, 0.29) is 11.0 Å². The fourth-order valence-corrected chi connectivity index (χ4v) is 2.44. The number of hydrogen-bond donors (Lipinski definition) is 2. The van der Waals surface area contributed by atoms with E-state index in [0.29, 0.717) is 5.69 Å². The van der Waals surface area contributed by atoms with E-state index >= 15 is 0 Å². The van der Waals surface area contributed by atoms with Crippen LogP contribution in [0.5, 0.6) is 0 Å². The molecule has 0 spiro atoms. The van der Waals surface area contributed by atoms with E-state index < -0.39 is 5.91 Å². The molecule has 0 unspecified atom stereocenters. The van der Waals surface area contributed by atoms with Crippen molar-refractivity contribution in [1.29, 1.82) is 0 Å². The van der Waals surface area contributed by atoms with Crippen LogP contribution in [0.25, 0.3) is 10.2 Å². The summed E-state index contributed by atoms with van der Waals surface area (Å²) in [5, 5.41) is 2.70. The molecule has 5 nitrogen and oxygen atoms in total. The quantitative estimate of drug-likeness (QED) is 0.750. The second kappa shape index (κ2) is 4.66. The van der Waals surface area contributed by atoms with Crippen LogP contribution >= 0.6 is 11.3 Å². The van der Waals surface area contributed by atoms with Gasteiger partial charge >= 0.3 is 0 Å². The molecule has 0 aliphatic rings. The van der Waals surface area contributed by atoms with E-state index in [9.17, 15) is 9.59 Å². The number of benzene rings is 1. The number of rotatable bonds is 2. The van der Waals surface area contributed by atoms with Gasteiger partial charge in [-0.05, 0) is 18.2 Å². The molecule has 1 aromatic carbocycles. The maximum Gasteiger partial charge on any atom is 0.261 e. The van der Waals surface area contributed by atoms with Gasteiger partial charge in [-0.15, -0.1) is 11.3 Å². The predicted molar refractivity (Wildman–Crippen MR) is 74.6 cm³/mol. The number of carbonyl (C=O) groups is 1. The Bertz CT molecular complexity index is 807. The Labute approximate surface area is 111 Å².